The summed E-state index contributed by atoms with van der Waals surface area (Å²) in [7, 11) is -4.14. The first-order chi connectivity index (χ1) is 21.0. The molecule has 0 aliphatic heterocycles. The van der Waals surface area contributed by atoms with Gasteiger partial charge in [0.2, 0.25) is 11.8 Å². The summed E-state index contributed by atoms with van der Waals surface area (Å²) in [4.78, 5) is 29.9. The van der Waals surface area contributed by atoms with Gasteiger partial charge in [-0.2, -0.15) is 0 Å². The molecule has 4 aromatic rings. The Bertz CT molecular complexity index is 1670. The van der Waals surface area contributed by atoms with E-state index < -0.39 is 28.5 Å². The molecule has 0 aromatic heterocycles. The third-order valence-electron chi connectivity index (χ3n) is 7.41. The molecule has 0 radical (unpaired) electrons. The predicted octanol–water partition coefficient (Wildman–Crippen LogP) is 5.97. The zero-order chi connectivity index (χ0) is 31.9. The zero-order valence-electron chi connectivity index (χ0n) is 26.0. The molecule has 230 valence electrons. The van der Waals surface area contributed by atoms with Gasteiger partial charge in [-0.25, -0.2) is 8.42 Å². The first-order valence-electron chi connectivity index (χ1n) is 14.8. The Kier molecular flexibility index (Phi) is 10.6. The Hall–Kier alpha value is -4.43. The van der Waals surface area contributed by atoms with Crippen LogP contribution in [0.1, 0.15) is 41.7 Å². The third kappa shape index (κ3) is 8.14. The highest BCUT2D eigenvalue weighted by Crippen LogP contribution is 2.28. The smallest absolute Gasteiger partial charge is 0.264 e. The van der Waals surface area contributed by atoms with Gasteiger partial charge in [-0.1, -0.05) is 96.1 Å². The van der Waals surface area contributed by atoms with Gasteiger partial charge in [0.25, 0.3) is 10.0 Å². The standard InChI is InChI=1S/C36H41N3O4S/c1-26(2)37-36(41)34(23-30-12-8-6-9-13-30)38(24-31-19-16-27(3)17-20-31)35(40)25-39(33-21-18-28(4)22-29(33)5)44(42,43)32-14-10-7-11-15-32/h6-22,26,34H,23-25H2,1-5H3,(H,37,41)/t34-/m0/s1. The fourth-order valence-electron chi connectivity index (χ4n) is 5.14. The molecule has 44 heavy (non-hydrogen) atoms. The van der Waals surface area contributed by atoms with Crippen molar-refractivity contribution in [3.63, 3.8) is 0 Å². The Labute approximate surface area is 261 Å². The number of hydrogen-bond donors (Lipinski definition) is 1. The lowest BCUT2D eigenvalue weighted by atomic mass is 10.0. The monoisotopic (exact) mass is 611 g/mol. The van der Waals surface area contributed by atoms with Crippen LogP contribution in [-0.4, -0.2) is 43.8 Å². The fourth-order valence-corrected chi connectivity index (χ4v) is 6.64. The molecule has 4 rings (SSSR count). The van der Waals surface area contributed by atoms with Crippen LogP contribution in [0.15, 0.2) is 108 Å². The van der Waals surface area contributed by atoms with E-state index in [9.17, 15) is 18.0 Å². The van der Waals surface area contributed by atoms with Crippen LogP contribution in [0.2, 0.25) is 0 Å². The molecule has 0 saturated carbocycles. The lowest BCUT2D eigenvalue weighted by Crippen LogP contribution is -2.54. The number of rotatable bonds is 12. The van der Waals surface area contributed by atoms with Crippen LogP contribution >= 0.6 is 0 Å². The van der Waals surface area contributed by atoms with Gasteiger partial charge >= 0.3 is 0 Å². The van der Waals surface area contributed by atoms with E-state index in [1.54, 1.807) is 24.3 Å². The van der Waals surface area contributed by atoms with Gasteiger partial charge in [-0.3, -0.25) is 13.9 Å². The van der Waals surface area contributed by atoms with Crippen LogP contribution in [0.5, 0.6) is 0 Å². The Balaban J connectivity index is 1.82. The van der Waals surface area contributed by atoms with Crippen LogP contribution in [0, 0.1) is 20.8 Å². The van der Waals surface area contributed by atoms with Gasteiger partial charge in [0.05, 0.1) is 10.6 Å². The van der Waals surface area contributed by atoms with E-state index in [4.69, 9.17) is 0 Å². The number of sulfonamides is 1. The number of anilines is 1. The average molecular weight is 612 g/mol. The van der Waals surface area contributed by atoms with Crippen molar-refractivity contribution in [3.8, 4) is 0 Å². The summed E-state index contributed by atoms with van der Waals surface area (Å²) < 4.78 is 29.4. The van der Waals surface area contributed by atoms with Gasteiger partial charge in [-0.15, -0.1) is 0 Å². The molecule has 8 heteroatoms. The fraction of sp³-hybridized carbons (Fsp3) is 0.278. The molecule has 0 heterocycles. The van der Waals surface area contributed by atoms with E-state index in [0.717, 1.165) is 27.8 Å². The summed E-state index contributed by atoms with van der Waals surface area (Å²) in [6.45, 7) is 9.15. The summed E-state index contributed by atoms with van der Waals surface area (Å²) in [5.74, 6) is -0.779. The van der Waals surface area contributed by atoms with Gasteiger partial charge < -0.3 is 10.2 Å². The third-order valence-corrected chi connectivity index (χ3v) is 9.18. The first kappa shape index (κ1) is 32.5. The van der Waals surface area contributed by atoms with E-state index in [0.29, 0.717) is 5.69 Å². The van der Waals surface area contributed by atoms with Gasteiger partial charge in [0, 0.05) is 19.0 Å². The van der Waals surface area contributed by atoms with Crippen LogP contribution in [-0.2, 0) is 32.6 Å². The van der Waals surface area contributed by atoms with E-state index >= 15 is 0 Å². The molecule has 2 amide bonds. The van der Waals surface area contributed by atoms with Crippen molar-refractivity contribution in [1.29, 1.82) is 0 Å². The van der Waals surface area contributed by atoms with Crippen LogP contribution in [0.4, 0.5) is 5.69 Å². The summed E-state index contributed by atoms with van der Waals surface area (Å²) >= 11 is 0. The lowest BCUT2D eigenvalue weighted by Gasteiger charge is -2.34. The molecule has 1 atom stereocenters. The van der Waals surface area contributed by atoms with Crippen molar-refractivity contribution in [2.45, 2.75) is 64.6 Å². The normalized spacial score (nSPS) is 12.0. The molecule has 0 unspecified atom stereocenters. The Morgan fingerprint density at radius 3 is 1.93 bits per heavy atom. The molecule has 4 aromatic carbocycles. The van der Waals surface area contributed by atoms with Gasteiger partial charge in [0.1, 0.15) is 12.6 Å². The SMILES string of the molecule is Cc1ccc(CN(C(=O)CN(c2ccc(C)cc2C)S(=O)(=O)c2ccccc2)[C@@H](Cc2ccccc2)C(=O)NC(C)C)cc1. The highest BCUT2D eigenvalue weighted by atomic mass is 32.2. The number of aryl methyl sites for hydroxylation is 3. The van der Waals surface area contributed by atoms with Crippen molar-refractivity contribution in [1.82, 2.24) is 10.2 Å². The summed E-state index contributed by atoms with van der Waals surface area (Å²) in [6, 6.07) is 29.8. The summed E-state index contributed by atoms with van der Waals surface area (Å²) in [5.41, 5.74) is 4.91. The van der Waals surface area contributed by atoms with Gasteiger partial charge in [-0.05, 0) is 69.5 Å². The van der Waals surface area contributed by atoms with Crippen LogP contribution < -0.4 is 9.62 Å². The number of nitrogens with zero attached hydrogens (tertiary/aromatic N) is 2. The molecule has 7 nitrogen and oxygen atoms in total. The van der Waals surface area contributed by atoms with Crippen LogP contribution in [0.25, 0.3) is 0 Å². The maximum Gasteiger partial charge on any atom is 0.264 e. The second-order valence-corrected chi connectivity index (χ2v) is 13.4. The average Bonchev–Trinajstić information content (AvgIpc) is 2.99. The largest absolute Gasteiger partial charge is 0.352 e. The number of carbonyl (C=O) groups excluding carboxylic acids is 2. The maximum absolute atomic E-state index is 14.5. The van der Waals surface area contributed by atoms with E-state index in [2.05, 4.69) is 5.32 Å². The number of nitrogens with one attached hydrogen (secondary N) is 1. The molecule has 0 aliphatic carbocycles. The summed E-state index contributed by atoms with van der Waals surface area (Å²) in [5, 5.41) is 2.99. The molecule has 0 saturated heterocycles. The second-order valence-electron chi connectivity index (χ2n) is 11.5. The number of hydrogen-bond acceptors (Lipinski definition) is 4. The van der Waals surface area contributed by atoms with Crippen molar-refractivity contribution in [2.75, 3.05) is 10.8 Å². The van der Waals surface area contributed by atoms with Crippen molar-refractivity contribution >= 4 is 27.5 Å². The maximum atomic E-state index is 14.5. The van der Waals surface area contributed by atoms with E-state index in [-0.39, 0.29) is 29.8 Å². The van der Waals surface area contributed by atoms with Crippen molar-refractivity contribution in [2.24, 2.45) is 0 Å². The van der Waals surface area contributed by atoms with Crippen molar-refractivity contribution < 1.29 is 18.0 Å². The molecular weight excluding hydrogens is 570 g/mol. The quantitative estimate of drug-likeness (QED) is 0.214. The molecular formula is C36H41N3O4S. The van der Waals surface area contributed by atoms with Crippen LogP contribution in [0.3, 0.4) is 0 Å². The topological polar surface area (TPSA) is 86.8 Å². The van der Waals surface area contributed by atoms with E-state index in [1.807, 2.05) is 101 Å². The van der Waals surface area contributed by atoms with Crippen molar-refractivity contribution in [3.05, 3.63) is 131 Å². The van der Waals surface area contributed by atoms with Gasteiger partial charge in [0.15, 0.2) is 0 Å². The molecule has 0 fully saturated rings. The summed E-state index contributed by atoms with van der Waals surface area (Å²) in [6.07, 6.45) is 0.270. The predicted molar refractivity (Wildman–Crippen MR) is 176 cm³/mol. The number of amides is 2. The Morgan fingerprint density at radius 1 is 0.750 bits per heavy atom. The molecule has 0 bridgehead atoms. The minimum atomic E-state index is -4.14. The minimum Gasteiger partial charge on any atom is -0.352 e. The molecule has 0 spiro atoms. The molecule has 1 N–H and O–H groups in total. The number of carbonyl (C=O) groups is 2. The molecule has 0 aliphatic rings. The Morgan fingerprint density at radius 2 is 1.34 bits per heavy atom. The number of benzene rings is 4. The highest BCUT2D eigenvalue weighted by Gasteiger charge is 2.35. The van der Waals surface area contributed by atoms with E-state index in [1.165, 1.54) is 21.3 Å². The lowest BCUT2D eigenvalue weighted by molar-refractivity contribution is -0.140. The first-order valence-corrected chi connectivity index (χ1v) is 16.2. The minimum absolute atomic E-state index is 0.0799. The highest BCUT2D eigenvalue weighted by molar-refractivity contribution is 7.92. The second kappa shape index (κ2) is 14.4. The zero-order valence-corrected chi connectivity index (χ0v) is 26.8.